The largest absolute Gasteiger partial charge is 0.491 e. The number of hydrogen-bond donors (Lipinski definition) is 1. The molecule has 1 heterocycles. The summed E-state index contributed by atoms with van der Waals surface area (Å²) in [6.45, 7) is 6.91. The van der Waals surface area contributed by atoms with Gasteiger partial charge in [0.2, 0.25) is 5.91 Å². The van der Waals surface area contributed by atoms with Crippen LogP contribution in [0.2, 0.25) is 0 Å². The SMILES string of the molecule is C.CCN1C(c2ccc(NC(=O)CCc3ccccc3)cc2)=C(C#N)C2C=CC(OC(C)C)=CC21. The number of hydrogen-bond acceptors (Lipinski definition) is 4. The number of ether oxygens (including phenoxy) is 1. The summed E-state index contributed by atoms with van der Waals surface area (Å²) in [5.41, 5.74) is 4.60. The first-order valence-electron chi connectivity index (χ1n) is 11.9. The summed E-state index contributed by atoms with van der Waals surface area (Å²) in [4.78, 5) is 14.7. The minimum atomic E-state index is -0.0106. The van der Waals surface area contributed by atoms with Crippen molar-refractivity contribution in [3.8, 4) is 6.07 Å². The summed E-state index contributed by atoms with van der Waals surface area (Å²) >= 11 is 0. The fourth-order valence-corrected chi connectivity index (χ4v) is 4.66. The van der Waals surface area contributed by atoms with E-state index in [0.29, 0.717) is 12.8 Å². The van der Waals surface area contributed by atoms with Gasteiger partial charge in [-0.1, -0.05) is 56.0 Å². The molecule has 182 valence electrons. The Morgan fingerprint density at radius 2 is 1.86 bits per heavy atom. The van der Waals surface area contributed by atoms with Gasteiger partial charge in [-0.25, -0.2) is 0 Å². The molecule has 2 aromatic rings. The van der Waals surface area contributed by atoms with E-state index in [9.17, 15) is 10.1 Å². The van der Waals surface area contributed by atoms with Crippen molar-refractivity contribution < 1.29 is 9.53 Å². The molecule has 1 aliphatic heterocycles. The lowest BCUT2D eigenvalue weighted by molar-refractivity contribution is -0.116. The number of amides is 1. The monoisotopic (exact) mass is 469 g/mol. The van der Waals surface area contributed by atoms with Gasteiger partial charge in [0, 0.05) is 24.6 Å². The van der Waals surface area contributed by atoms with Crippen LogP contribution in [-0.4, -0.2) is 29.5 Å². The van der Waals surface area contributed by atoms with Crippen molar-refractivity contribution in [1.29, 1.82) is 5.26 Å². The van der Waals surface area contributed by atoms with Gasteiger partial charge in [-0.3, -0.25) is 4.79 Å². The Hall–Kier alpha value is -3.78. The normalized spacial score (nSPS) is 18.5. The van der Waals surface area contributed by atoms with Crippen molar-refractivity contribution >= 4 is 17.3 Å². The van der Waals surface area contributed by atoms with Crippen LogP contribution in [0.4, 0.5) is 5.69 Å². The zero-order valence-electron chi connectivity index (χ0n) is 20.0. The van der Waals surface area contributed by atoms with Crippen LogP contribution in [0.1, 0.15) is 45.7 Å². The summed E-state index contributed by atoms with van der Waals surface area (Å²) in [6, 6.07) is 20.3. The predicted octanol–water partition coefficient (Wildman–Crippen LogP) is 6.33. The molecule has 5 heteroatoms. The van der Waals surface area contributed by atoms with Crippen LogP contribution in [0, 0.1) is 17.2 Å². The van der Waals surface area contributed by atoms with Crippen LogP contribution in [0.15, 0.2) is 84.2 Å². The van der Waals surface area contributed by atoms with E-state index < -0.39 is 0 Å². The minimum absolute atomic E-state index is 0. The molecule has 0 aromatic heterocycles. The van der Waals surface area contributed by atoms with Crippen LogP contribution in [-0.2, 0) is 16.0 Å². The minimum Gasteiger partial charge on any atom is -0.491 e. The second-order valence-electron chi connectivity index (χ2n) is 8.88. The van der Waals surface area contributed by atoms with Gasteiger partial charge in [0.1, 0.15) is 5.76 Å². The van der Waals surface area contributed by atoms with Crippen molar-refractivity contribution in [2.45, 2.75) is 53.2 Å². The highest BCUT2D eigenvalue weighted by Crippen LogP contribution is 2.43. The molecule has 2 aromatic carbocycles. The van der Waals surface area contributed by atoms with E-state index in [1.54, 1.807) is 0 Å². The van der Waals surface area contributed by atoms with Crippen molar-refractivity contribution in [1.82, 2.24) is 4.90 Å². The molecule has 2 unspecified atom stereocenters. The average Bonchev–Trinajstić information content (AvgIpc) is 3.16. The maximum Gasteiger partial charge on any atom is 0.224 e. The molecule has 2 atom stereocenters. The number of carbonyl (C=O) groups excluding carboxylic acids is 1. The van der Waals surface area contributed by atoms with Gasteiger partial charge in [0.15, 0.2) is 0 Å². The quantitative estimate of drug-likeness (QED) is 0.491. The van der Waals surface area contributed by atoms with Gasteiger partial charge in [-0.2, -0.15) is 5.26 Å². The molecular formula is C30H35N3O2. The van der Waals surface area contributed by atoms with Gasteiger partial charge < -0.3 is 15.0 Å². The maximum atomic E-state index is 12.4. The lowest BCUT2D eigenvalue weighted by Crippen LogP contribution is -2.33. The number of nitriles is 1. The molecule has 5 nitrogen and oxygen atoms in total. The molecule has 0 spiro atoms. The summed E-state index contributed by atoms with van der Waals surface area (Å²) in [7, 11) is 0. The Balaban J connectivity index is 0.00000342. The second-order valence-corrected chi connectivity index (χ2v) is 8.88. The number of aryl methyl sites for hydroxylation is 1. The lowest BCUT2D eigenvalue weighted by atomic mass is 9.90. The summed E-state index contributed by atoms with van der Waals surface area (Å²) in [5, 5.41) is 13.0. The number of rotatable bonds is 8. The summed E-state index contributed by atoms with van der Waals surface area (Å²) in [5.74, 6) is 0.849. The number of benzene rings is 2. The highest BCUT2D eigenvalue weighted by Gasteiger charge is 2.40. The average molecular weight is 470 g/mol. The van der Waals surface area contributed by atoms with Crippen LogP contribution in [0.3, 0.4) is 0 Å². The molecule has 2 aliphatic rings. The van der Waals surface area contributed by atoms with Crippen LogP contribution < -0.4 is 5.32 Å². The van der Waals surface area contributed by atoms with Gasteiger partial charge in [-0.15, -0.1) is 0 Å². The van der Waals surface area contributed by atoms with Crippen molar-refractivity contribution in [2.24, 2.45) is 5.92 Å². The first-order valence-corrected chi connectivity index (χ1v) is 11.9. The van der Waals surface area contributed by atoms with Crippen LogP contribution >= 0.6 is 0 Å². The second kappa shape index (κ2) is 11.6. The number of anilines is 1. The summed E-state index contributed by atoms with van der Waals surface area (Å²) < 4.78 is 5.91. The third-order valence-electron chi connectivity index (χ3n) is 6.16. The van der Waals surface area contributed by atoms with Gasteiger partial charge in [-0.05, 0) is 62.6 Å². The highest BCUT2D eigenvalue weighted by atomic mass is 16.5. The Labute approximate surface area is 209 Å². The molecule has 0 saturated heterocycles. The number of likely N-dealkylation sites (N-methyl/N-ethyl adjacent to an activating group) is 1. The van der Waals surface area contributed by atoms with E-state index >= 15 is 0 Å². The fourth-order valence-electron chi connectivity index (χ4n) is 4.66. The van der Waals surface area contributed by atoms with Crippen molar-refractivity contribution in [3.63, 3.8) is 0 Å². The molecule has 1 amide bonds. The zero-order chi connectivity index (χ0) is 24.1. The Morgan fingerprint density at radius 1 is 1.14 bits per heavy atom. The molecule has 1 aliphatic carbocycles. The Bertz CT molecular complexity index is 1150. The third-order valence-corrected chi connectivity index (χ3v) is 6.16. The van der Waals surface area contributed by atoms with Gasteiger partial charge >= 0.3 is 0 Å². The topological polar surface area (TPSA) is 65.4 Å². The number of nitrogens with zero attached hydrogens (tertiary/aromatic N) is 2. The van der Waals surface area contributed by atoms with E-state index in [1.807, 2.05) is 74.5 Å². The summed E-state index contributed by atoms with van der Waals surface area (Å²) in [6.07, 6.45) is 7.42. The van der Waals surface area contributed by atoms with Crippen molar-refractivity contribution in [2.75, 3.05) is 11.9 Å². The molecule has 35 heavy (non-hydrogen) atoms. The van der Waals surface area contributed by atoms with Gasteiger partial charge in [0.05, 0.1) is 29.5 Å². The molecule has 4 rings (SSSR count). The maximum absolute atomic E-state index is 12.4. The molecular weight excluding hydrogens is 434 g/mol. The predicted molar refractivity (Wildman–Crippen MR) is 142 cm³/mol. The van der Waals surface area contributed by atoms with E-state index in [2.05, 4.69) is 35.4 Å². The molecule has 0 fully saturated rings. The van der Waals surface area contributed by atoms with Crippen LogP contribution in [0.5, 0.6) is 0 Å². The third kappa shape index (κ3) is 5.84. The van der Waals surface area contributed by atoms with E-state index in [0.717, 1.165) is 40.4 Å². The number of nitrogens with one attached hydrogen (secondary N) is 1. The number of allylic oxidation sites excluding steroid dienone is 1. The van der Waals surface area contributed by atoms with Crippen LogP contribution in [0.25, 0.3) is 5.70 Å². The molecule has 0 radical (unpaired) electrons. The van der Waals surface area contributed by atoms with E-state index in [1.165, 1.54) is 0 Å². The van der Waals surface area contributed by atoms with Crippen molar-refractivity contribution in [3.05, 3.63) is 95.3 Å². The molecule has 1 N–H and O–H groups in total. The van der Waals surface area contributed by atoms with E-state index in [4.69, 9.17) is 4.74 Å². The smallest absolute Gasteiger partial charge is 0.224 e. The highest BCUT2D eigenvalue weighted by molar-refractivity contribution is 5.91. The first kappa shape index (κ1) is 25.8. The number of fused-ring (bicyclic) bond motifs is 1. The lowest BCUT2D eigenvalue weighted by Gasteiger charge is -2.31. The number of carbonyl (C=O) groups is 1. The standard InChI is InChI=1S/C29H31N3O2.CH4/c1-4-32-27-18-24(34-20(2)3)15-16-25(27)26(19-30)29(32)22-11-13-23(14-12-22)31-28(33)17-10-21-8-6-5-7-9-21;/h5-9,11-16,18,20,25,27H,4,10,17H2,1-3H3,(H,31,33);1H4. The first-order chi connectivity index (χ1) is 16.5. The fraction of sp³-hybridized carbons (Fsp3) is 0.333. The Morgan fingerprint density at radius 3 is 2.49 bits per heavy atom. The van der Waals surface area contributed by atoms with Gasteiger partial charge in [0.25, 0.3) is 0 Å². The Kier molecular flexibility index (Phi) is 8.54. The zero-order valence-corrected chi connectivity index (χ0v) is 20.0. The molecule has 0 bridgehead atoms. The molecule has 0 saturated carbocycles. The van der Waals surface area contributed by atoms with E-state index in [-0.39, 0.29) is 31.4 Å².